The second-order valence-electron chi connectivity index (χ2n) is 8.05. The van der Waals surface area contributed by atoms with E-state index >= 15 is 0 Å². The number of halogens is 1. The van der Waals surface area contributed by atoms with Crippen LogP contribution in [-0.4, -0.2) is 0 Å². The van der Waals surface area contributed by atoms with Gasteiger partial charge in [-0.15, -0.1) is 0 Å². The minimum absolute atomic E-state index is 0.174. The molecule has 3 rings (SSSR count). The maximum Gasteiger partial charge on any atom is 0.123 e. The third-order valence-electron chi connectivity index (χ3n) is 6.12. The molecule has 1 aliphatic carbocycles. The van der Waals surface area contributed by atoms with Crippen LogP contribution < -0.4 is 0 Å². The lowest BCUT2D eigenvalue weighted by molar-refractivity contribution is 0.302. The molecule has 0 unspecified atom stereocenters. The van der Waals surface area contributed by atoms with Gasteiger partial charge in [0.25, 0.3) is 0 Å². The molecule has 0 atom stereocenters. The fourth-order valence-corrected chi connectivity index (χ4v) is 4.41. The van der Waals surface area contributed by atoms with E-state index in [-0.39, 0.29) is 5.82 Å². The molecule has 0 nitrogen and oxygen atoms in total. The first kappa shape index (κ1) is 19.1. The summed E-state index contributed by atoms with van der Waals surface area (Å²) < 4.78 is 13.1. The van der Waals surface area contributed by atoms with E-state index in [1.807, 2.05) is 12.1 Å². The fraction of sp³-hybridized carbons (Fsp3) is 0.520. The third kappa shape index (κ3) is 5.43. The molecule has 0 aromatic heterocycles. The molecule has 1 saturated carbocycles. The summed E-state index contributed by atoms with van der Waals surface area (Å²) in [6, 6.07) is 15.7. The van der Waals surface area contributed by atoms with Crippen LogP contribution in [0.2, 0.25) is 0 Å². The molecule has 2 aromatic carbocycles. The highest BCUT2D eigenvalue weighted by atomic mass is 19.1. The number of hydrogen-bond donors (Lipinski definition) is 0. The predicted molar refractivity (Wildman–Crippen MR) is 110 cm³/mol. The Morgan fingerprint density at radius 3 is 1.92 bits per heavy atom. The Hall–Kier alpha value is -1.63. The summed E-state index contributed by atoms with van der Waals surface area (Å²) in [5, 5.41) is 0. The largest absolute Gasteiger partial charge is 0.207 e. The van der Waals surface area contributed by atoms with Crippen molar-refractivity contribution >= 4 is 0 Å². The smallest absolute Gasteiger partial charge is 0.123 e. The van der Waals surface area contributed by atoms with E-state index in [0.29, 0.717) is 0 Å². The van der Waals surface area contributed by atoms with Crippen LogP contribution in [-0.2, 0) is 0 Å². The van der Waals surface area contributed by atoms with Crippen molar-refractivity contribution in [2.24, 2.45) is 5.92 Å². The zero-order chi connectivity index (χ0) is 18.2. The molecule has 0 spiro atoms. The van der Waals surface area contributed by atoms with E-state index in [9.17, 15) is 4.39 Å². The second kappa shape index (κ2) is 9.90. The normalized spacial score (nSPS) is 20.2. The Balaban J connectivity index is 1.46. The van der Waals surface area contributed by atoms with Gasteiger partial charge < -0.3 is 0 Å². The molecule has 0 aliphatic heterocycles. The molecule has 2 aromatic rings. The van der Waals surface area contributed by atoms with Crippen molar-refractivity contribution in [1.82, 2.24) is 0 Å². The van der Waals surface area contributed by atoms with Gasteiger partial charge in [-0.3, -0.25) is 0 Å². The van der Waals surface area contributed by atoms with Gasteiger partial charge in [0.15, 0.2) is 0 Å². The molecule has 0 heterocycles. The standard InChI is InChI=1S/C25H33F/c1-2-3-4-5-6-7-20-8-10-21(11-9-20)22-12-14-23(15-13-22)24-16-18-25(26)19-17-24/h12-21H,2-11H2,1H3. The average molecular weight is 353 g/mol. The summed E-state index contributed by atoms with van der Waals surface area (Å²) in [7, 11) is 0. The summed E-state index contributed by atoms with van der Waals surface area (Å²) in [6.45, 7) is 2.29. The van der Waals surface area contributed by atoms with Gasteiger partial charge in [0.2, 0.25) is 0 Å². The highest BCUT2D eigenvalue weighted by Gasteiger charge is 2.22. The molecule has 1 aliphatic rings. The van der Waals surface area contributed by atoms with Crippen molar-refractivity contribution in [1.29, 1.82) is 0 Å². The third-order valence-corrected chi connectivity index (χ3v) is 6.12. The number of hydrogen-bond acceptors (Lipinski definition) is 0. The zero-order valence-corrected chi connectivity index (χ0v) is 16.2. The van der Waals surface area contributed by atoms with Gasteiger partial charge >= 0.3 is 0 Å². The molecule has 1 fully saturated rings. The van der Waals surface area contributed by atoms with Crippen LogP contribution in [0.25, 0.3) is 11.1 Å². The number of rotatable bonds is 8. The minimum Gasteiger partial charge on any atom is -0.207 e. The highest BCUT2D eigenvalue weighted by Crippen LogP contribution is 2.38. The summed E-state index contributed by atoms with van der Waals surface area (Å²) in [5.74, 6) is 1.52. The van der Waals surface area contributed by atoms with E-state index in [2.05, 4.69) is 31.2 Å². The first-order valence-corrected chi connectivity index (χ1v) is 10.6. The summed E-state index contributed by atoms with van der Waals surface area (Å²) in [6.07, 6.45) is 14.0. The van der Waals surface area contributed by atoms with Gasteiger partial charge in [-0.2, -0.15) is 0 Å². The average Bonchev–Trinajstić information content (AvgIpc) is 2.69. The molecular formula is C25H33F. The molecule has 0 N–H and O–H groups in total. The molecule has 140 valence electrons. The number of benzene rings is 2. The van der Waals surface area contributed by atoms with Crippen molar-refractivity contribution in [2.75, 3.05) is 0 Å². The molecule has 0 radical (unpaired) electrons. The van der Waals surface area contributed by atoms with Crippen molar-refractivity contribution in [3.8, 4) is 11.1 Å². The second-order valence-corrected chi connectivity index (χ2v) is 8.05. The van der Waals surface area contributed by atoms with Gasteiger partial charge in [-0.25, -0.2) is 4.39 Å². The van der Waals surface area contributed by atoms with Crippen molar-refractivity contribution in [2.45, 2.75) is 77.0 Å². The van der Waals surface area contributed by atoms with Crippen LogP contribution in [0.5, 0.6) is 0 Å². The van der Waals surface area contributed by atoms with E-state index in [1.165, 1.54) is 87.5 Å². The van der Waals surface area contributed by atoms with E-state index < -0.39 is 0 Å². The lowest BCUT2D eigenvalue weighted by Gasteiger charge is -2.29. The van der Waals surface area contributed by atoms with Crippen LogP contribution in [0.3, 0.4) is 0 Å². The maximum atomic E-state index is 13.1. The number of unbranched alkanes of at least 4 members (excludes halogenated alkanes) is 4. The lowest BCUT2D eigenvalue weighted by atomic mass is 9.77. The summed E-state index contributed by atoms with van der Waals surface area (Å²) >= 11 is 0. The van der Waals surface area contributed by atoms with Gasteiger partial charge in [0, 0.05) is 0 Å². The zero-order valence-electron chi connectivity index (χ0n) is 16.2. The summed E-state index contributed by atoms with van der Waals surface area (Å²) in [4.78, 5) is 0. The Morgan fingerprint density at radius 1 is 0.731 bits per heavy atom. The van der Waals surface area contributed by atoms with Crippen LogP contribution in [0.15, 0.2) is 48.5 Å². The van der Waals surface area contributed by atoms with Crippen LogP contribution in [0, 0.1) is 11.7 Å². The van der Waals surface area contributed by atoms with E-state index in [4.69, 9.17) is 0 Å². The fourth-order valence-electron chi connectivity index (χ4n) is 4.41. The summed E-state index contributed by atoms with van der Waals surface area (Å²) in [5.41, 5.74) is 3.75. The molecular weight excluding hydrogens is 319 g/mol. The maximum absolute atomic E-state index is 13.1. The lowest BCUT2D eigenvalue weighted by Crippen LogP contribution is -2.13. The van der Waals surface area contributed by atoms with E-state index in [1.54, 1.807) is 0 Å². The van der Waals surface area contributed by atoms with Crippen molar-refractivity contribution in [3.05, 3.63) is 59.9 Å². The molecule has 0 amide bonds. The molecule has 26 heavy (non-hydrogen) atoms. The Labute approximate surface area is 158 Å². The van der Waals surface area contributed by atoms with E-state index in [0.717, 1.165) is 17.4 Å². The van der Waals surface area contributed by atoms with Gasteiger partial charge in [0.1, 0.15) is 5.82 Å². The molecule has 0 saturated heterocycles. The first-order valence-electron chi connectivity index (χ1n) is 10.6. The Morgan fingerprint density at radius 2 is 1.31 bits per heavy atom. The van der Waals surface area contributed by atoms with Crippen molar-refractivity contribution < 1.29 is 4.39 Å². The first-order chi connectivity index (χ1) is 12.8. The molecule has 0 bridgehead atoms. The highest BCUT2D eigenvalue weighted by molar-refractivity contribution is 5.63. The molecule has 1 heteroatoms. The minimum atomic E-state index is -0.174. The predicted octanol–water partition coefficient (Wildman–Crippen LogP) is 8.13. The quantitative estimate of drug-likeness (QED) is 0.421. The monoisotopic (exact) mass is 352 g/mol. The van der Waals surface area contributed by atoms with Crippen LogP contribution in [0.4, 0.5) is 4.39 Å². The van der Waals surface area contributed by atoms with Gasteiger partial charge in [0.05, 0.1) is 0 Å². The van der Waals surface area contributed by atoms with Gasteiger partial charge in [-0.05, 0) is 66.3 Å². The Bertz CT molecular complexity index is 633. The SMILES string of the molecule is CCCCCCCC1CCC(c2ccc(-c3ccc(F)cc3)cc2)CC1. The topological polar surface area (TPSA) is 0 Å². The van der Waals surface area contributed by atoms with Crippen LogP contribution >= 0.6 is 0 Å². The van der Waals surface area contributed by atoms with Gasteiger partial charge in [-0.1, -0.05) is 81.8 Å². The Kier molecular flexibility index (Phi) is 7.29. The van der Waals surface area contributed by atoms with Crippen molar-refractivity contribution in [3.63, 3.8) is 0 Å². The van der Waals surface area contributed by atoms with Crippen LogP contribution in [0.1, 0.15) is 82.6 Å².